The molecule has 1 aromatic rings. The number of benzene rings is 1. The van der Waals surface area contributed by atoms with E-state index in [2.05, 4.69) is 24.3 Å². The van der Waals surface area contributed by atoms with Crippen LogP contribution in [0.4, 0.5) is 0 Å². The van der Waals surface area contributed by atoms with Crippen LogP contribution >= 0.6 is 0 Å². The molecule has 1 aromatic carbocycles. The van der Waals surface area contributed by atoms with Gasteiger partial charge in [0.15, 0.2) is 0 Å². The van der Waals surface area contributed by atoms with Crippen molar-refractivity contribution in [1.29, 1.82) is 5.26 Å². The Morgan fingerprint density at radius 1 is 1.47 bits per heavy atom. The summed E-state index contributed by atoms with van der Waals surface area (Å²) in [5.74, 6) is 0.898. The zero-order valence-electron chi connectivity index (χ0n) is 9.94. The molecule has 88 valence electrons. The maximum absolute atomic E-state index is 8.71. The zero-order chi connectivity index (χ0) is 12.3. The number of rotatable bonds is 3. The van der Waals surface area contributed by atoms with Gasteiger partial charge < -0.3 is 10.5 Å². The van der Waals surface area contributed by atoms with E-state index in [0.717, 1.165) is 18.6 Å². The Bertz CT molecular complexity index is 485. The lowest BCUT2D eigenvalue weighted by molar-refractivity contribution is 0.414. The van der Waals surface area contributed by atoms with Crippen molar-refractivity contribution in [3.05, 3.63) is 34.9 Å². The molecule has 3 heteroatoms. The molecule has 0 fully saturated rings. The number of fused-ring (bicyclic) bond motifs is 1. The summed E-state index contributed by atoms with van der Waals surface area (Å²) in [7, 11) is 1.68. The molecule has 2 rings (SSSR count). The largest absolute Gasteiger partial charge is 0.497 e. The van der Waals surface area contributed by atoms with Crippen molar-refractivity contribution in [2.45, 2.75) is 25.3 Å². The van der Waals surface area contributed by atoms with E-state index in [1.165, 1.54) is 16.7 Å². The molecule has 0 heterocycles. The summed E-state index contributed by atoms with van der Waals surface area (Å²) in [5, 5.41) is 8.71. The molecule has 3 nitrogen and oxygen atoms in total. The van der Waals surface area contributed by atoms with Crippen molar-refractivity contribution in [3.8, 4) is 11.8 Å². The molecule has 1 unspecified atom stereocenters. The standard InChI is InChI=1S/C14H16N2O/c1-17-14-5-4-11-6-10(7-13(16)9-15)2-3-12(11)8-14/h4-6,8,13H,2-3,7,16H2,1H3. The summed E-state index contributed by atoms with van der Waals surface area (Å²) in [5.41, 5.74) is 9.43. The lowest BCUT2D eigenvalue weighted by atomic mass is 9.89. The maximum Gasteiger partial charge on any atom is 0.119 e. The molecule has 2 N–H and O–H groups in total. The Labute approximate surface area is 102 Å². The highest BCUT2D eigenvalue weighted by atomic mass is 16.5. The van der Waals surface area contributed by atoms with Crippen molar-refractivity contribution in [2.75, 3.05) is 7.11 Å². The van der Waals surface area contributed by atoms with E-state index in [-0.39, 0.29) is 6.04 Å². The Balaban J connectivity index is 2.21. The number of nitrogens with zero attached hydrogens (tertiary/aromatic N) is 1. The van der Waals surface area contributed by atoms with Crippen LogP contribution in [0.5, 0.6) is 5.75 Å². The van der Waals surface area contributed by atoms with Gasteiger partial charge in [0.05, 0.1) is 19.2 Å². The first kappa shape index (κ1) is 11.7. The van der Waals surface area contributed by atoms with E-state index < -0.39 is 0 Å². The summed E-state index contributed by atoms with van der Waals surface area (Å²) in [4.78, 5) is 0. The van der Waals surface area contributed by atoms with E-state index >= 15 is 0 Å². The van der Waals surface area contributed by atoms with Crippen LogP contribution in [0, 0.1) is 11.3 Å². The van der Waals surface area contributed by atoms with Gasteiger partial charge in [0.1, 0.15) is 5.75 Å². The monoisotopic (exact) mass is 228 g/mol. The van der Waals surface area contributed by atoms with Gasteiger partial charge >= 0.3 is 0 Å². The minimum Gasteiger partial charge on any atom is -0.497 e. The fraction of sp³-hybridized carbons (Fsp3) is 0.357. The van der Waals surface area contributed by atoms with E-state index in [4.69, 9.17) is 15.7 Å². The van der Waals surface area contributed by atoms with Gasteiger partial charge in [0.2, 0.25) is 0 Å². The van der Waals surface area contributed by atoms with Crippen LogP contribution in [0.2, 0.25) is 0 Å². The summed E-state index contributed by atoms with van der Waals surface area (Å²) in [6.07, 6.45) is 4.80. The number of methoxy groups -OCH3 is 1. The number of nitrogens with two attached hydrogens (primary N) is 1. The number of nitriles is 1. The van der Waals surface area contributed by atoms with Gasteiger partial charge in [-0.2, -0.15) is 5.26 Å². The summed E-state index contributed by atoms with van der Waals surface area (Å²) < 4.78 is 5.21. The average Bonchev–Trinajstić information content (AvgIpc) is 2.38. The second kappa shape index (κ2) is 5.03. The van der Waals surface area contributed by atoms with Gasteiger partial charge in [0, 0.05) is 0 Å². The molecule has 1 aliphatic rings. The highest BCUT2D eigenvalue weighted by molar-refractivity contribution is 5.61. The SMILES string of the molecule is COc1ccc2c(c1)CCC(CC(N)C#N)=C2. The summed E-state index contributed by atoms with van der Waals surface area (Å²) in [6.45, 7) is 0. The fourth-order valence-corrected chi connectivity index (χ4v) is 2.14. The van der Waals surface area contributed by atoms with Crippen LogP contribution in [0.3, 0.4) is 0 Å². The van der Waals surface area contributed by atoms with E-state index in [0.29, 0.717) is 6.42 Å². The average molecular weight is 228 g/mol. The van der Waals surface area contributed by atoms with Crippen LogP contribution in [-0.4, -0.2) is 13.2 Å². The maximum atomic E-state index is 8.71. The van der Waals surface area contributed by atoms with Gasteiger partial charge in [-0.05, 0) is 42.5 Å². The molecule has 0 radical (unpaired) electrons. The number of aryl methyl sites for hydroxylation is 1. The predicted molar refractivity (Wildman–Crippen MR) is 67.5 cm³/mol. The Kier molecular flexibility index (Phi) is 3.46. The van der Waals surface area contributed by atoms with Gasteiger partial charge in [-0.15, -0.1) is 0 Å². The molecule has 0 bridgehead atoms. The smallest absolute Gasteiger partial charge is 0.119 e. The van der Waals surface area contributed by atoms with Crippen LogP contribution in [0.15, 0.2) is 23.8 Å². The summed E-state index contributed by atoms with van der Waals surface area (Å²) >= 11 is 0. The van der Waals surface area contributed by atoms with Crippen molar-refractivity contribution in [2.24, 2.45) is 5.73 Å². The molecule has 1 aliphatic carbocycles. The molecule has 0 saturated heterocycles. The predicted octanol–water partition coefficient (Wildman–Crippen LogP) is 2.27. The third kappa shape index (κ3) is 2.66. The van der Waals surface area contributed by atoms with Crippen LogP contribution in [0.25, 0.3) is 6.08 Å². The highest BCUT2D eigenvalue weighted by Crippen LogP contribution is 2.28. The normalized spacial score (nSPS) is 15.5. The third-order valence-corrected chi connectivity index (χ3v) is 3.07. The Morgan fingerprint density at radius 3 is 3.00 bits per heavy atom. The topological polar surface area (TPSA) is 59.0 Å². The van der Waals surface area contributed by atoms with Gasteiger partial charge in [0.25, 0.3) is 0 Å². The van der Waals surface area contributed by atoms with Crippen LogP contribution in [0.1, 0.15) is 24.0 Å². The van der Waals surface area contributed by atoms with Crippen molar-refractivity contribution in [1.82, 2.24) is 0 Å². The second-order valence-corrected chi connectivity index (χ2v) is 4.31. The van der Waals surface area contributed by atoms with Crippen LogP contribution < -0.4 is 10.5 Å². The minimum atomic E-state index is -0.388. The number of ether oxygens (including phenoxy) is 1. The Morgan fingerprint density at radius 2 is 2.29 bits per heavy atom. The molecule has 0 saturated carbocycles. The molecule has 17 heavy (non-hydrogen) atoms. The molecule has 0 amide bonds. The van der Waals surface area contributed by atoms with E-state index in [1.807, 2.05) is 6.07 Å². The Hall–Kier alpha value is -1.79. The molecule has 0 aromatic heterocycles. The molecule has 0 aliphatic heterocycles. The van der Waals surface area contributed by atoms with Gasteiger partial charge in [-0.1, -0.05) is 17.7 Å². The highest BCUT2D eigenvalue weighted by Gasteiger charge is 2.13. The fourth-order valence-electron chi connectivity index (χ4n) is 2.14. The van der Waals surface area contributed by atoms with Crippen molar-refractivity contribution in [3.63, 3.8) is 0 Å². The van der Waals surface area contributed by atoms with E-state index in [1.54, 1.807) is 7.11 Å². The lowest BCUT2D eigenvalue weighted by Gasteiger charge is -2.17. The second-order valence-electron chi connectivity index (χ2n) is 4.31. The van der Waals surface area contributed by atoms with Crippen LogP contribution in [-0.2, 0) is 6.42 Å². The molecular formula is C14H16N2O. The minimum absolute atomic E-state index is 0.388. The zero-order valence-corrected chi connectivity index (χ0v) is 9.94. The lowest BCUT2D eigenvalue weighted by Crippen LogP contribution is -2.18. The molecule has 0 spiro atoms. The molecule has 1 atom stereocenters. The van der Waals surface area contributed by atoms with Crippen molar-refractivity contribution >= 4 is 6.08 Å². The first-order valence-corrected chi connectivity index (χ1v) is 5.74. The van der Waals surface area contributed by atoms with E-state index in [9.17, 15) is 0 Å². The molecular weight excluding hydrogens is 212 g/mol. The summed E-state index contributed by atoms with van der Waals surface area (Å²) in [6, 6.07) is 7.78. The van der Waals surface area contributed by atoms with Crippen molar-refractivity contribution < 1.29 is 4.74 Å². The van der Waals surface area contributed by atoms with Gasteiger partial charge in [-0.25, -0.2) is 0 Å². The quantitative estimate of drug-likeness (QED) is 0.863. The first-order chi connectivity index (χ1) is 8.22. The third-order valence-electron chi connectivity index (χ3n) is 3.07. The number of hydrogen-bond acceptors (Lipinski definition) is 3. The first-order valence-electron chi connectivity index (χ1n) is 5.74. The van der Waals surface area contributed by atoms with Gasteiger partial charge in [-0.3, -0.25) is 0 Å². The number of hydrogen-bond donors (Lipinski definition) is 1.